The molecule has 0 aliphatic heterocycles. The second-order valence-electron chi connectivity index (χ2n) is 6.25. The normalized spacial score (nSPS) is 12.0. The summed E-state index contributed by atoms with van der Waals surface area (Å²) in [7, 11) is 1.65. The first-order valence-electron chi connectivity index (χ1n) is 8.45. The summed E-state index contributed by atoms with van der Waals surface area (Å²) >= 11 is 1.53. The average molecular weight is 384 g/mol. The van der Waals surface area contributed by atoms with Crippen molar-refractivity contribution in [2.75, 3.05) is 13.7 Å². The predicted molar refractivity (Wildman–Crippen MR) is 104 cm³/mol. The number of fused-ring (bicyclic) bond motifs is 1. The van der Waals surface area contributed by atoms with Gasteiger partial charge in [0.05, 0.1) is 16.3 Å². The van der Waals surface area contributed by atoms with E-state index in [9.17, 15) is 14.7 Å². The summed E-state index contributed by atoms with van der Waals surface area (Å²) < 4.78 is 6.14. The third-order valence-corrected chi connectivity index (χ3v) is 5.63. The van der Waals surface area contributed by atoms with E-state index in [-0.39, 0.29) is 23.3 Å². The summed E-state index contributed by atoms with van der Waals surface area (Å²) in [5.74, 6) is -1.21. The van der Waals surface area contributed by atoms with Crippen molar-refractivity contribution in [1.82, 2.24) is 9.88 Å². The third kappa shape index (κ3) is 3.93. The Balaban J connectivity index is 1.64. The number of ether oxygens (including phenoxy) is 1. The van der Waals surface area contributed by atoms with Crippen molar-refractivity contribution in [2.24, 2.45) is 0 Å². The minimum Gasteiger partial charge on any atom is -0.507 e. The summed E-state index contributed by atoms with van der Waals surface area (Å²) in [5.41, 5.74) is 1.51. The molecular formula is C20H20N2O4S. The summed E-state index contributed by atoms with van der Waals surface area (Å²) in [5, 5.41) is 10.8. The van der Waals surface area contributed by atoms with Crippen molar-refractivity contribution >= 4 is 33.4 Å². The molecule has 0 unspecified atom stereocenters. The molecular weight excluding hydrogens is 364 g/mol. The number of aromatic nitrogens is 1. The van der Waals surface area contributed by atoms with Crippen LogP contribution in [0.15, 0.2) is 42.5 Å². The van der Waals surface area contributed by atoms with Gasteiger partial charge in [-0.2, -0.15) is 0 Å². The van der Waals surface area contributed by atoms with Gasteiger partial charge in [-0.25, -0.2) is 9.78 Å². The first-order valence-corrected chi connectivity index (χ1v) is 9.27. The number of thiazole rings is 1. The van der Waals surface area contributed by atoms with Crippen LogP contribution >= 0.6 is 11.3 Å². The zero-order valence-corrected chi connectivity index (χ0v) is 16.1. The van der Waals surface area contributed by atoms with Crippen LogP contribution in [0.1, 0.15) is 33.9 Å². The van der Waals surface area contributed by atoms with Gasteiger partial charge in [0.15, 0.2) is 6.61 Å². The van der Waals surface area contributed by atoms with Gasteiger partial charge in [0, 0.05) is 7.05 Å². The molecule has 1 atom stereocenters. The molecule has 27 heavy (non-hydrogen) atoms. The predicted octanol–water partition coefficient (Wildman–Crippen LogP) is 3.69. The number of hydrogen-bond donors (Lipinski definition) is 1. The van der Waals surface area contributed by atoms with Crippen LogP contribution in [0.25, 0.3) is 10.2 Å². The lowest BCUT2D eigenvalue weighted by Gasteiger charge is -2.23. The molecule has 3 rings (SSSR count). The van der Waals surface area contributed by atoms with E-state index in [0.29, 0.717) is 5.56 Å². The van der Waals surface area contributed by atoms with E-state index in [4.69, 9.17) is 4.74 Å². The van der Waals surface area contributed by atoms with E-state index in [1.54, 1.807) is 26.1 Å². The van der Waals surface area contributed by atoms with Gasteiger partial charge in [-0.15, -0.1) is 11.3 Å². The van der Waals surface area contributed by atoms with Gasteiger partial charge >= 0.3 is 5.97 Å². The number of aromatic hydroxyl groups is 1. The van der Waals surface area contributed by atoms with E-state index >= 15 is 0 Å². The quantitative estimate of drug-likeness (QED) is 0.679. The van der Waals surface area contributed by atoms with Crippen LogP contribution in [0, 0.1) is 6.92 Å². The third-order valence-electron chi connectivity index (χ3n) is 4.43. The van der Waals surface area contributed by atoms with Crippen LogP contribution in [0.2, 0.25) is 0 Å². The molecule has 0 saturated heterocycles. The maximum absolute atomic E-state index is 12.4. The van der Waals surface area contributed by atoms with Crippen molar-refractivity contribution < 1.29 is 19.4 Å². The maximum Gasteiger partial charge on any atom is 0.342 e. The highest BCUT2D eigenvalue weighted by atomic mass is 32.1. The van der Waals surface area contributed by atoms with Gasteiger partial charge in [0.1, 0.15) is 16.3 Å². The lowest BCUT2D eigenvalue weighted by molar-refractivity contribution is -0.135. The number of aryl methyl sites for hydroxylation is 1. The molecule has 2 aromatic carbocycles. The van der Waals surface area contributed by atoms with Crippen LogP contribution in [-0.4, -0.2) is 40.5 Å². The van der Waals surface area contributed by atoms with Crippen molar-refractivity contribution in [2.45, 2.75) is 19.9 Å². The number of carbonyl (C=O) groups is 2. The van der Waals surface area contributed by atoms with E-state index < -0.39 is 12.6 Å². The van der Waals surface area contributed by atoms with E-state index in [2.05, 4.69) is 4.98 Å². The fraction of sp³-hybridized carbons (Fsp3) is 0.250. The Morgan fingerprint density at radius 2 is 1.96 bits per heavy atom. The molecule has 0 aliphatic rings. The summed E-state index contributed by atoms with van der Waals surface area (Å²) in [6.45, 7) is 3.16. The minimum absolute atomic E-state index is 0.0460. The number of carbonyl (C=O) groups excluding carboxylic acids is 2. The minimum atomic E-state index is -0.731. The zero-order valence-electron chi connectivity index (χ0n) is 15.3. The van der Waals surface area contributed by atoms with Crippen molar-refractivity contribution in [3.8, 4) is 5.75 Å². The average Bonchev–Trinajstić information content (AvgIpc) is 3.11. The molecule has 1 N–H and O–H groups in total. The number of para-hydroxylation sites is 2. The molecule has 7 heteroatoms. The monoisotopic (exact) mass is 384 g/mol. The number of benzene rings is 2. The number of phenols is 1. The van der Waals surface area contributed by atoms with E-state index in [1.807, 2.05) is 31.2 Å². The van der Waals surface area contributed by atoms with Crippen molar-refractivity contribution in [1.29, 1.82) is 0 Å². The number of amides is 1. The second kappa shape index (κ2) is 7.75. The number of rotatable bonds is 5. The van der Waals surface area contributed by atoms with E-state index in [1.165, 1.54) is 22.3 Å². The van der Waals surface area contributed by atoms with Crippen LogP contribution in [-0.2, 0) is 9.53 Å². The summed E-state index contributed by atoms with van der Waals surface area (Å²) in [6, 6.07) is 12.3. The second-order valence-corrected chi connectivity index (χ2v) is 7.31. The van der Waals surface area contributed by atoms with Gasteiger partial charge in [0.25, 0.3) is 5.91 Å². The molecule has 1 heterocycles. The molecule has 1 amide bonds. The Hall–Kier alpha value is -2.93. The zero-order chi connectivity index (χ0) is 19.6. The van der Waals surface area contributed by atoms with Crippen LogP contribution < -0.4 is 0 Å². The molecule has 6 nitrogen and oxygen atoms in total. The highest BCUT2D eigenvalue weighted by molar-refractivity contribution is 7.18. The Bertz CT molecular complexity index is 966. The largest absolute Gasteiger partial charge is 0.507 e. The molecule has 3 aromatic rings. The lowest BCUT2D eigenvalue weighted by atomic mass is 10.1. The van der Waals surface area contributed by atoms with Crippen molar-refractivity contribution in [3.63, 3.8) is 0 Å². The highest BCUT2D eigenvalue weighted by Gasteiger charge is 2.22. The number of nitrogens with zero attached hydrogens (tertiary/aromatic N) is 2. The number of likely N-dealkylation sites (N-methyl/N-ethyl adjacent to an activating group) is 1. The Kier molecular flexibility index (Phi) is 5.41. The summed E-state index contributed by atoms with van der Waals surface area (Å²) in [6.07, 6.45) is 0. The first-order chi connectivity index (χ1) is 12.9. The van der Waals surface area contributed by atoms with Gasteiger partial charge < -0.3 is 14.7 Å². The number of phenolic OH excluding ortho intramolecular Hbond substituents is 1. The van der Waals surface area contributed by atoms with Gasteiger partial charge in [-0.1, -0.05) is 24.3 Å². The lowest BCUT2D eigenvalue weighted by Crippen LogP contribution is -2.33. The van der Waals surface area contributed by atoms with Crippen LogP contribution in [0.5, 0.6) is 5.75 Å². The SMILES string of the molecule is Cc1cccc(C(=O)OCC(=O)N(C)[C@@H](C)c2nc3ccccc3s2)c1O. The van der Waals surface area contributed by atoms with Gasteiger partial charge in [-0.3, -0.25) is 4.79 Å². The molecule has 0 radical (unpaired) electrons. The van der Waals surface area contributed by atoms with Crippen LogP contribution in [0.4, 0.5) is 0 Å². The van der Waals surface area contributed by atoms with E-state index in [0.717, 1.165) is 15.2 Å². The van der Waals surface area contributed by atoms with Crippen LogP contribution in [0.3, 0.4) is 0 Å². The number of esters is 1. The first kappa shape index (κ1) is 18.8. The Labute approximate surface area is 161 Å². The Morgan fingerprint density at radius 3 is 2.70 bits per heavy atom. The van der Waals surface area contributed by atoms with Gasteiger partial charge in [-0.05, 0) is 37.6 Å². The standard InChI is InChI=1S/C20H20N2O4S/c1-12-7-6-8-14(18(12)24)20(25)26-11-17(23)22(3)13(2)19-21-15-9-4-5-10-16(15)27-19/h4-10,13,24H,11H2,1-3H3/t13-/m0/s1. The number of hydrogen-bond acceptors (Lipinski definition) is 6. The summed E-state index contributed by atoms with van der Waals surface area (Å²) in [4.78, 5) is 30.6. The fourth-order valence-electron chi connectivity index (χ4n) is 2.58. The van der Waals surface area contributed by atoms with Gasteiger partial charge in [0.2, 0.25) is 0 Å². The molecule has 0 bridgehead atoms. The Morgan fingerprint density at radius 1 is 1.22 bits per heavy atom. The topological polar surface area (TPSA) is 79.7 Å². The highest BCUT2D eigenvalue weighted by Crippen LogP contribution is 2.29. The molecule has 0 aliphatic carbocycles. The molecule has 0 saturated carbocycles. The smallest absolute Gasteiger partial charge is 0.342 e. The molecule has 0 fully saturated rings. The fourth-order valence-corrected chi connectivity index (χ4v) is 3.64. The molecule has 140 valence electrons. The molecule has 0 spiro atoms. The van der Waals surface area contributed by atoms with Crippen molar-refractivity contribution in [3.05, 3.63) is 58.6 Å². The molecule has 1 aromatic heterocycles. The maximum atomic E-state index is 12.4.